The van der Waals surface area contributed by atoms with Gasteiger partial charge in [0.2, 0.25) is 0 Å². The summed E-state index contributed by atoms with van der Waals surface area (Å²) in [6.45, 7) is 4.63. The predicted octanol–water partition coefficient (Wildman–Crippen LogP) is 3.08. The molecule has 0 saturated heterocycles. The monoisotopic (exact) mass is 218 g/mol. The minimum atomic E-state index is -0.159. The van der Waals surface area contributed by atoms with Gasteiger partial charge in [-0.3, -0.25) is 0 Å². The van der Waals surface area contributed by atoms with E-state index in [9.17, 15) is 4.79 Å². The molecule has 16 heavy (non-hydrogen) atoms. The van der Waals surface area contributed by atoms with Gasteiger partial charge in [0, 0.05) is 12.2 Å². The van der Waals surface area contributed by atoms with Crippen molar-refractivity contribution in [2.75, 3.05) is 11.9 Å². The van der Waals surface area contributed by atoms with Gasteiger partial charge in [-0.25, -0.2) is 4.79 Å². The molecule has 0 aromatic heterocycles. The number of anilines is 1. The number of nitrogens with one attached hydrogen (secondary N) is 2. The Balaban J connectivity index is 2.31. The largest absolute Gasteiger partial charge is 0.338 e. The lowest BCUT2D eigenvalue weighted by Crippen LogP contribution is -2.29. The summed E-state index contributed by atoms with van der Waals surface area (Å²) in [6.07, 6.45) is 4.85. The van der Waals surface area contributed by atoms with Crippen LogP contribution in [0.2, 0.25) is 0 Å². The highest BCUT2D eigenvalue weighted by atomic mass is 16.2. The first-order valence-electron chi connectivity index (χ1n) is 5.45. The average Bonchev–Trinajstić information content (AvgIpc) is 2.28. The second-order valence-electron chi connectivity index (χ2n) is 3.60. The smallest absolute Gasteiger partial charge is 0.319 e. The molecule has 1 aromatic carbocycles. The van der Waals surface area contributed by atoms with Crippen LogP contribution in [0.25, 0.3) is 0 Å². The summed E-state index contributed by atoms with van der Waals surface area (Å²) in [4.78, 5) is 11.4. The number of amides is 2. The Bertz CT molecular complexity index is 355. The first kappa shape index (κ1) is 12.3. The third-order valence-corrected chi connectivity index (χ3v) is 2.14. The zero-order valence-electron chi connectivity index (χ0n) is 9.79. The van der Waals surface area contributed by atoms with Crippen molar-refractivity contribution in [3.05, 3.63) is 42.0 Å². The fraction of sp³-hybridized carbons (Fsp3) is 0.308. The van der Waals surface area contributed by atoms with E-state index in [0.717, 1.165) is 12.1 Å². The predicted molar refractivity (Wildman–Crippen MR) is 67.6 cm³/mol. The molecule has 0 fully saturated rings. The summed E-state index contributed by atoms with van der Waals surface area (Å²) in [5, 5.41) is 5.55. The third kappa shape index (κ3) is 4.64. The van der Waals surface area contributed by atoms with E-state index in [0.29, 0.717) is 6.54 Å². The van der Waals surface area contributed by atoms with E-state index < -0.39 is 0 Å². The Morgan fingerprint density at radius 3 is 2.62 bits per heavy atom. The molecule has 0 aliphatic heterocycles. The minimum Gasteiger partial charge on any atom is -0.338 e. The number of carbonyl (C=O) groups excluding carboxylic acids is 1. The van der Waals surface area contributed by atoms with Crippen LogP contribution in [0.4, 0.5) is 10.5 Å². The van der Waals surface area contributed by atoms with Gasteiger partial charge in [0.05, 0.1) is 0 Å². The van der Waals surface area contributed by atoms with Crippen molar-refractivity contribution < 1.29 is 4.79 Å². The van der Waals surface area contributed by atoms with Crippen LogP contribution in [0.5, 0.6) is 0 Å². The van der Waals surface area contributed by atoms with Crippen molar-refractivity contribution in [2.45, 2.75) is 20.3 Å². The van der Waals surface area contributed by atoms with Crippen LogP contribution in [0.3, 0.4) is 0 Å². The van der Waals surface area contributed by atoms with E-state index in [1.165, 1.54) is 5.56 Å². The highest BCUT2D eigenvalue weighted by Gasteiger charge is 1.99. The number of hydrogen-bond acceptors (Lipinski definition) is 1. The Morgan fingerprint density at radius 1 is 1.31 bits per heavy atom. The molecular weight excluding hydrogens is 200 g/mol. The van der Waals surface area contributed by atoms with E-state index in [4.69, 9.17) is 0 Å². The number of aryl methyl sites for hydroxylation is 1. The van der Waals surface area contributed by atoms with Crippen molar-refractivity contribution in [3.63, 3.8) is 0 Å². The van der Waals surface area contributed by atoms with Gasteiger partial charge in [-0.15, -0.1) is 0 Å². The van der Waals surface area contributed by atoms with Crippen LogP contribution in [-0.2, 0) is 0 Å². The van der Waals surface area contributed by atoms with Gasteiger partial charge < -0.3 is 10.6 Å². The third-order valence-electron chi connectivity index (χ3n) is 2.14. The summed E-state index contributed by atoms with van der Waals surface area (Å²) < 4.78 is 0. The lowest BCUT2D eigenvalue weighted by Gasteiger charge is -2.06. The number of urea groups is 1. The maximum atomic E-state index is 11.4. The molecule has 0 aliphatic carbocycles. The maximum Gasteiger partial charge on any atom is 0.319 e. The zero-order chi connectivity index (χ0) is 11.8. The van der Waals surface area contributed by atoms with Gasteiger partial charge >= 0.3 is 6.03 Å². The molecule has 86 valence electrons. The Morgan fingerprint density at radius 2 is 2.00 bits per heavy atom. The first-order valence-corrected chi connectivity index (χ1v) is 5.45. The molecule has 2 amide bonds. The fourth-order valence-corrected chi connectivity index (χ4v) is 1.25. The van der Waals surface area contributed by atoms with E-state index >= 15 is 0 Å². The van der Waals surface area contributed by atoms with Gasteiger partial charge in [-0.1, -0.05) is 29.8 Å². The van der Waals surface area contributed by atoms with Crippen LogP contribution in [0, 0.1) is 6.92 Å². The van der Waals surface area contributed by atoms with Gasteiger partial charge in [-0.2, -0.15) is 0 Å². The molecule has 1 aromatic rings. The summed E-state index contributed by atoms with van der Waals surface area (Å²) >= 11 is 0. The maximum absolute atomic E-state index is 11.4. The van der Waals surface area contributed by atoms with Gasteiger partial charge in [-0.05, 0) is 32.4 Å². The summed E-state index contributed by atoms with van der Waals surface area (Å²) in [5.74, 6) is 0. The number of carbonyl (C=O) groups is 1. The lowest BCUT2D eigenvalue weighted by atomic mass is 10.2. The molecule has 0 unspecified atom stereocenters. The number of benzene rings is 1. The zero-order valence-corrected chi connectivity index (χ0v) is 9.79. The molecule has 0 spiro atoms. The second-order valence-corrected chi connectivity index (χ2v) is 3.60. The first-order chi connectivity index (χ1) is 7.72. The molecule has 3 nitrogen and oxygen atoms in total. The minimum absolute atomic E-state index is 0.159. The molecule has 3 heteroatoms. The van der Waals surface area contributed by atoms with Crippen LogP contribution < -0.4 is 10.6 Å². The Labute approximate surface area is 96.6 Å². The number of rotatable bonds is 4. The lowest BCUT2D eigenvalue weighted by molar-refractivity contribution is 0.252. The van der Waals surface area contributed by atoms with Crippen molar-refractivity contribution in [1.82, 2.24) is 5.32 Å². The number of allylic oxidation sites excluding steroid dienone is 1. The second kappa shape index (κ2) is 6.67. The highest BCUT2D eigenvalue weighted by molar-refractivity contribution is 5.89. The van der Waals surface area contributed by atoms with E-state index in [1.54, 1.807) is 0 Å². The van der Waals surface area contributed by atoms with Crippen LogP contribution in [0.1, 0.15) is 18.9 Å². The van der Waals surface area contributed by atoms with Crippen LogP contribution in [-0.4, -0.2) is 12.6 Å². The normalized spacial score (nSPS) is 10.4. The van der Waals surface area contributed by atoms with E-state index in [2.05, 4.69) is 10.6 Å². The number of hydrogen-bond donors (Lipinski definition) is 2. The molecule has 0 saturated carbocycles. The van der Waals surface area contributed by atoms with Crippen molar-refractivity contribution in [1.29, 1.82) is 0 Å². The molecule has 0 radical (unpaired) electrons. The average molecular weight is 218 g/mol. The molecular formula is C13H18N2O. The molecule has 0 atom stereocenters. The molecule has 0 heterocycles. The standard InChI is InChI=1S/C13H18N2O/c1-3-4-5-10-14-13(16)15-12-8-6-11(2)7-9-12/h3-4,6-9H,5,10H2,1-2H3,(H2,14,15,16)/b4-3+. The summed E-state index contributed by atoms with van der Waals surface area (Å²) in [5.41, 5.74) is 1.99. The molecule has 0 aliphatic rings. The van der Waals surface area contributed by atoms with Crippen molar-refractivity contribution in [2.24, 2.45) is 0 Å². The molecule has 2 N–H and O–H groups in total. The Kier molecular flexibility index (Phi) is 5.12. The van der Waals surface area contributed by atoms with Crippen molar-refractivity contribution >= 4 is 11.7 Å². The topological polar surface area (TPSA) is 41.1 Å². The highest BCUT2D eigenvalue weighted by Crippen LogP contribution is 2.07. The quantitative estimate of drug-likeness (QED) is 0.591. The van der Waals surface area contributed by atoms with Crippen molar-refractivity contribution in [3.8, 4) is 0 Å². The van der Waals surface area contributed by atoms with Gasteiger partial charge in [0.1, 0.15) is 0 Å². The van der Waals surface area contributed by atoms with Gasteiger partial charge in [0.25, 0.3) is 0 Å². The van der Waals surface area contributed by atoms with E-state index in [1.807, 2.05) is 50.3 Å². The summed E-state index contributed by atoms with van der Waals surface area (Å²) in [7, 11) is 0. The van der Waals surface area contributed by atoms with Crippen LogP contribution >= 0.6 is 0 Å². The van der Waals surface area contributed by atoms with Gasteiger partial charge in [0.15, 0.2) is 0 Å². The Hall–Kier alpha value is -1.77. The van der Waals surface area contributed by atoms with Crippen LogP contribution in [0.15, 0.2) is 36.4 Å². The molecule has 1 rings (SSSR count). The SMILES string of the molecule is C/C=C/CCNC(=O)Nc1ccc(C)cc1. The molecule has 0 bridgehead atoms. The summed E-state index contributed by atoms with van der Waals surface area (Å²) in [6, 6.07) is 7.56. The fourth-order valence-electron chi connectivity index (χ4n) is 1.25. The van der Waals surface area contributed by atoms with E-state index in [-0.39, 0.29) is 6.03 Å².